The Kier molecular flexibility index (Phi) is 6.99. The van der Waals surface area contributed by atoms with E-state index in [0.717, 1.165) is 0 Å². The van der Waals surface area contributed by atoms with Crippen molar-refractivity contribution in [3.05, 3.63) is 82.2 Å². The lowest BCUT2D eigenvalue weighted by molar-refractivity contribution is -0.114. The number of hydrogen-bond donors (Lipinski definition) is 3. The van der Waals surface area contributed by atoms with Crippen molar-refractivity contribution in [2.24, 2.45) is 0 Å². The van der Waals surface area contributed by atoms with E-state index >= 15 is 0 Å². The molecule has 3 aromatic rings. The van der Waals surface area contributed by atoms with Crippen molar-refractivity contribution in [2.45, 2.75) is 13.5 Å². The minimum Gasteiger partial charge on any atom is -0.467 e. The third-order valence-electron chi connectivity index (χ3n) is 4.13. The molecule has 0 aliphatic heterocycles. The van der Waals surface area contributed by atoms with Gasteiger partial charge in [0.1, 0.15) is 5.76 Å². The van der Waals surface area contributed by atoms with Crippen molar-refractivity contribution in [2.75, 3.05) is 10.6 Å². The van der Waals surface area contributed by atoms with Gasteiger partial charge in [0.05, 0.1) is 24.1 Å². The Balaban J connectivity index is 1.71. The quantitative estimate of drug-likeness (QED) is 0.349. The van der Waals surface area contributed by atoms with Crippen molar-refractivity contribution >= 4 is 50.8 Å². The summed E-state index contributed by atoms with van der Waals surface area (Å²) in [5, 5.41) is 7.72. The minimum atomic E-state index is -0.905. The highest BCUT2D eigenvalue weighted by Crippen LogP contribution is 2.22. The second-order valence-corrected chi connectivity index (χ2v) is 7.41. The van der Waals surface area contributed by atoms with Crippen LogP contribution in [0.4, 0.5) is 11.4 Å². The van der Waals surface area contributed by atoms with E-state index in [0.29, 0.717) is 15.8 Å². The van der Waals surface area contributed by atoms with Crippen LogP contribution in [0.1, 0.15) is 33.4 Å². The Morgan fingerprint density at radius 2 is 1.77 bits per heavy atom. The predicted octanol–water partition coefficient (Wildman–Crippen LogP) is 3.75. The second-order valence-electron chi connectivity index (χ2n) is 6.50. The first-order valence-electron chi connectivity index (χ1n) is 9.17. The summed E-state index contributed by atoms with van der Waals surface area (Å²) in [6, 6.07) is 14.3. The van der Waals surface area contributed by atoms with E-state index in [-0.39, 0.29) is 35.3 Å². The first kappa shape index (κ1) is 22.0. The normalized spacial score (nSPS) is 10.3. The van der Waals surface area contributed by atoms with Gasteiger partial charge >= 0.3 is 0 Å². The number of carbonyl (C=O) groups is 4. The molecule has 0 aliphatic rings. The summed E-state index contributed by atoms with van der Waals surface area (Å²) in [5.74, 6) is -1.87. The molecule has 9 heteroatoms. The van der Waals surface area contributed by atoms with Crippen LogP contribution in [-0.4, -0.2) is 23.5 Å². The molecule has 0 saturated heterocycles. The lowest BCUT2D eigenvalue weighted by atomic mass is 10.1. The molecule has 0 saturated carbocycles. The molecule has 1 aromatic heterocycles. The molecular weight excluding hydrogens is 466 g/mol. The summed E-state index contributed by atoms with van der Waals surface area (Å²) in [5.41, 5.74) is 0.842. The highest BCUT2D eigenvalue weighted by molar-refractivity contribution is 9.10. The first-order valence-corrected chi connectivity index (χ1v) is 9.96. The number of nitrogens with one attached hydrogen (secondary N) is 3. The fourth-order valence-electron chi connectivity index (χ4n) is 2.73. The summed E-state index contributed by atoms with van der Waals surface area (Å²) < 4.78 is 5.74. The average molecular weight is 484 g/mol. The van der Waals surface area contributed by atoms with Gasteiger partial charge in [-0.3, -0.25) is 19.2 Å². The Morgan fingerprint density at radius 1 is 0.968 bits per heavy atom. The number of ketones is 1. The topological polar surface area (TPSA) is 118 Å². The summed E-state index contributed by atoms with van der Waals surface area (Å²) in [4.78, 5) is 48.9. The van der Waals surface area contributed by atoms with Gasteiger partial charge in [-0.1, -0.05) is 22.0 Å². The van der Waals surface area contributed by atoms with Crippen LogP contribution < -0.4 is 16.0 Å². The van der Waals surface area contributed by atoms with Gasteiger partial charge in [-0.25, -0.2) is 0 Å². The van der Waals surface area contributed by atoms with Crippen LogP contribution in [0.5, 0.6) is 0 Å². The smallest absolute Gasteiger partial charge is 0.296 e. The monoisotopic (exact) mass is 483 g/mol. The van der Waals surface area contributed by atoms with E-state index in [1.165, 1.54) is 31.4 Å². The molecule has 1 heterocycles. The molecule has 3 rings (SSSR count). The lowest BCUT2D eigenvalue weighted by Crippen LogP contribution is -2.25. The SMILES string of the molecule is CC(=O)Nc1ccc(Br)cc1C(=O)C(=O)Nc1cccc(C(=O)NCc2ccco2)c1. The molecule has 8 nitrogen and oxygen atoms in total. The number of amides is 3. The number of halogens is 1. The molecule has 158 valence electrons. The maximum absolute atomic E-state index is 12.7. The Labute approximate surface area is 186 Å². The van der Waals surface area contributed by atoms with E-state index in [1.807, 2.05) is 0 Å². The summed E-state index contributed by atoms with van der Waals surface area (Å²) in [6.07, 6.45) is 1.51. The molecule has 0 atom stereocenters. The number of anilines is 2. The van der Waals surface area contributed by atoms with Crippen molar-refractivity contribution < 1.29 is 23.6 Å². The van der Waals surface area contributed by atoms with E-state index < -0.39 is 11.7 Å². The molecule has 2 aromatic carbocycles. The zero-order chi connectivity index (χ0) is 22.4. The van der Waals surface area contributed by atoms with Gasteiger partial charge < -0.3 is 20.4 Å². The number of furan rings is 1. The van der Waals surface area contributed by atoms with Crippen molar-refractivity contribution in [1.29, 1.82) is 0 Å². The van der Waals surface area contributed by atoms with Crippen LogP contribution >= 0.6 is 15.9 Å². The van der Waals surface area contributed by atoms with E-state index in [2.05, 4.69) is 31.9 Å². The van der Waals surface area contributed by atoms with Crippen LogP contribution in [0, 0.1) is 0 Å². The Hall–Kier alpha value is -3.72. The van der Waals surface area contributed by atoms with Crippen molar-refractivity contribution in [3.63, 3.8) is 0 Å². The highest BCUT2D eigenvalue weighted by Gasteiger charge is 2.21. The molecule has 0 spiro atoms. The molecular formula is C22H18BrN3O5. The summed E-state index contributed by atoms with van der Waals surface area (Å²) in [7, 11) is 0. The fourth-order valence-corrected chi connectivity index (χ4v) is 3.10. The minimum absolute atomic E-state index is 0.0365. The second kappa shape index (κ2) is 9.86. The van der Waals surface area contributed by atoms with Gasteiger partial charge in [0.15, 0.2) is 0 Å². The molecule has 0 bridgehead atoms. The molecule has 0 aliphatic carbocycles. The van der Waals surface area contributed by atoms with Gasteiger partial charge in [-0.05, 0) is 48.5 Å². The highest BCUT2D eigenvalue weighted by atomic mass is 79.9. The van der Waals surface area contributed by atoms with Crippen molar-refractivity contribution in [1.82, 2.24) is 5.32 Å². The number of benzene rings is 2. The zero-order valence-corrected chi connectivity index (χ0v) is 18.0. The number of rotatable bonds is 7. The third-order valence-corrected chi connectivity index (χ3v) is 4.62. The maximum atomic E-state index is 12.7. The number of Topliss-reactive ketones (excluding diaryl/α,β-unsaturated/α-hetero) is 1. The molecule has 3 N–H and O–H groups in total. The van der Waals surface area contributed by atoms with Gasteiger partial charge in [-0.2, -0.15) is 0 Å². The molecule has 0 unspecified atom stereocenters. The zero-order valence-electron chi connectivity index (χ0n) is 16.4. The van der Waals surface area contributed by atoms with Crippen LogP contribution in [0.15, 0.2) is 69.8 Å². The molecule has 3 amide bonds. The molecule has 31 heavy (non-hydrogen) atoms. The van der Waals surface area contributed by atoms with Gasteiger partial charge in [0.25, 0.3) is 17.6 Å². The lowest BCUT2D eigenvalue weighted by Gasteiger charge is -2.11. The Bertz CT molecular complexity index is 1140. The number of carbonyl (C=O) groups excluding carboxylic acids is 4. The van der Waals surface area contributed by atoms with Crippen LogP contribution in [0.2, 0.25) is 0 Å². The molecule has 0 radical (unpaired) electrons. The number of hydrogen-bond acceptors (Lipinski definition) is 5. The molecule has 0 fully saturated rings. The van der Waals surface area contributed by atoms with E-state index in [9.17, 15) is 19.2 Å². The standard InChI is InChI=1S/C22H18BrN3O5/c1-13(27)25-19-8-7-15(23)11-18(19)20(28)22(30)26-16-5-2-4-14(10-16)21(29)24-12-17-6-3-9-31-17/h2-11H,12H2,1H3,(H,24,29)(H,25,27)(H,26,30). The van der Waals surface area contributed by atoms with Crippen LogP contribution in [0.3, 0.4) is 0 Å². The fraction of sp³-hybridized carbons (Fsp3) is 0.0909. The average Bonchev–Trinajstić information content (AvgIpc) is 3.26. The summed E-state index contributed by atoms with van der Waals surface area (Å²) in [6.45, 7) is 1.52. The third kappa shape index (κ3) is 5.89. The predicted molar refractivity (Wildman–Crippen MR) is 118 cm³/mol. The summed E-state index contributed by atoms with van der Waals surface area (Å²) >= 11 is 3.25. The van der Waals surface area contributed by atoms with E-state index in [1.54, 1.807) is 36.4 Å². The van der Waals surface area contributed by atoms with Crippen LogP contribution in [-0.2, 0) is 16.1 Å². The Morgan fingerprint density at radius 3 is 2.48 bits per heavy atom. The largest absolute Gasteiger partial charge is 0.467 e. The van der Waals surface area contributed by atoms with Crippen LogP contribution in [0.25, 0.3) is 0 Å². The first-order chi connectivity index (χ1) is 14.8. The van der Waals surface area contributed by atoms with Crippen molar-refractivity contribution in [3.8, 4) is 0 Å². The van der Waals surface area contributed by atoms with Gasteiger partial charge in [0, 0.05) is 22.6 Å². The van der Waals surface area contributed by atoms with E-state index in [4.69, 9.17) is 4.42 Å². The van der Waals surface area contributed by atoms with Gasteiger partial charge in [-0.15, -0.1) is 0 Å². The maximum Gasteiger partial charge on any atom is 0.296 e. The van der Waals surface area contributed by atoms with Gasteiger partial charge in [0.2, 0.25) is 5.91 Å².